The topological polar surface area (TPSA) is 118 Å². The van der Waals surface area contributed by atoms with Gasteiger partial charge in [-0.15, -0.1) is 5.10 Å². The zero-order valence-electron chi connectivity index (χ0n) is 15.1. The highest BCUT2D eigenvalue weighted by atomic mass is 32.2. The van der Waals surface area contributed by atoms with Crippen LogP contribution in [0.1, 0.15) is 28.9 Å². The number of benzene rings is 1. The Morgan fingerprint density at radius 3 is 2.61 bits per heavy atom. The van der Waals surface area contributed by atoms with Crippen LogP contribution >= 0.6 is 11.8 Å². The molecule has 8 nitrogen and oxygen atoms in total. The number of hydrogen-bond acceptors (Lipinski definition) is 7. The maximum absolute atomic E-state index is 11.7. The first-order chi connectivity index (χ1) is 13.5. The number of nitrogens with zero attached hydrogens (tertiary/aromatic N) is 2. The van der Waals surface area contributed by atoms with E-state index in [0.29, 0.717) is 34.7 Å². The number of furan rings is 1. The third kappa shape index (κ3) is 4.68. The van der Waals surface area contributed by atoms with E-state index < -0.39 is 5.97 Å². The number of H-pyrrole nitrogens is 1. The van der Waals surface area contributed by atoms with Crippen molar-refractivity contribution >= 4 is 29.8 Å². The van der Waals surface area contributed by atoms with E-state index in [1.165, 1.54) is 6.08 Å². The van der Waals surface area contributed by atoms with Crippen LogP contribution in [-0.4, -0.2) is 38.8 Å². The summed E-state index contributed by atoms with van der Waals surface area (Å²) in [6.45, 7) is 3.79. The Hall–Kier alpha value is -3.33. The van der Waals surface area contributed by atoms with Gasteiger partial charge in [0.25, 0.3) is 0 Å². The molecule has 2 N–H and O–H groups in total. The van der Waals surface area contributed by atoms with Crippen molar-refractivity contribution in [3.05, 3.63) is 58.5 Å². The van der Waals surface area contributed by atoms with Crippen molar-refractivity contribution in [3.63, 3.8) is 0 Å². The molecule has 0 aliphatic rings. The Kier molecular flexibility index (Phi) is 5.95. The first-order valence-corrected chi connectivity index (χ1v) is 9.17. The summed E-state index contributed by atoms with van der Waals surface area (Å²) in [5, 5.41) is 16.3. The van der Waals surface area contributed by atoms with E-state index in [9.17, 15) is 14.7 Å². The molecule has 3 rings (SSSR count). The van der Waals surface area contributed by atoms with Crippen LogP contribution in [0.15, 0.2) is 50.9 Å². The molecule has 1 aromatic carbocycles. The van der Waals surface area contributed by atoms with Gasteiger partial charge in [-0.1, -0.05) is 12.1 Å². The molecule has 0 saturated heterocycles. The fraction of sp³-hybridized carbons (Fsp3) is 0.158. The van der Waals surface area contributed by atoms with Gasteiger partial charge in [-0.3, -0.25) is 5.10 Å². The SMILES string of the molecule is CCOC(=O)c1ccc(-c2ccc(/C=C(\Sc3n[nH]c(C)n3)C(=O)O)o2)cc1. The lowest BCUT2D eigenvalue weighted by Crippen LogP contribution is -2.03. The molecule has 0 fully saturated rings. The Balaban J connectivity index is 1.79. The fourth-order valence-electron chi connectivity index (χ4n) is 2.30. The van der Waals surface area contributed by atoms with Crippen LogP contribution < -0.4 is 0 Å². The number of aromatic amines is 1. The van der Waals surface area contributed by atoms with Gasteiger partial charge in [-0.05, 0) is 49.9 Å². The predicted octanol–water partition coefficient (Wildman–Crippen LogP) is 3.77. The number of carbonyl (C=O) groups excluding carboxylic acids is 1. The molecule has 0 radical (unpaired) electrons. The molecule has 0 spiro atoms. The molecule has 0 unspecified atom stereocenters. The van der Waals surface area contributed by atoms with Gasteiger partial charge in [0.05, 0.1) is 12.2 Å². The second-order valence-corrected chi connectivity index (χ2v) is 6.63. The first kappa shape index (κ1) is 19.4. The normalized spacial score (nSPS) is 11.4. The molecule has 9 heteroatoms. The molecule has 2 heterocycles. The largest absolute Gasteiger partial charge is 0.477 e. The molecular weight excluding hydrogens is 382 g/mol. The number of aliphatic carboxylic acids is 1. The molecule has 2 aromatic heterocycles. The number of rotatable bonds is 7. The molecule has 0 amide bonds. The van der Waals surface area contributed by atoms with E-state index >= 15 is 0 Å². The number of carbonyl (C=O) groups is 2. The second kappa shape index (κ2) is 8.57. The lowest BCUT2D eigenvalue weighted by Gasteiger charge is -2.02. The Labute approximate surface area is 164 Å². The number of carboxylic acid groups (broad SMARTS) is 1. The third-order valence-corrected chi connectivity index (χ3v) is 4.45. The van der Waals surface area contributed by atoms with Crippen molar-refractivity contribution < 1.29 is 23.8 Å². The van der Waals surface area contributed by atoms with Gasteiger partial charge in [0.15, 0.2) is 0 Å². The van der Waals surface area contributed by atoms with E-state index in [4.69, 9.17) is 9.15 Å². The quantitative estimate of drug-likeness (QED) is 0.350. The van der Waals surface area contributed by atoms with E-state index in [1.54, 1.807) is 50.2 Å². The number of carboxylic acids is 1. The molecular formula is C19H17N3O5S. The zero-order chi connectivity index (χ0) is 20.1. The molecule has 0 atom stereocenters. The van der Waals surface area contributed by atoms with Crippen LogP contribution in [0.5, 0.6) is 0 Å². The minimum atomic E-state index is -1.11. The monoisotopic (exact) mass is 399 g/mol. The van der Waals surface area contributed by atoms with E-state index in [-0.39, 0.29) is 10.9 Å². The molecule has 0 bridgehead atoms. The number of nitrogens with one attached hydrogen (secondary N) is 1. The minimum absolute atomic E-state index is 0.0255. The summed E-state index contributed by atoms with van der Waals surface area (Å²) in [5.74, 6) is 0.0252. The Bertz CT molecular complexity index is 1020. The van der Waals surface area contributed by atoms with Crippen LogP contribution in [0.4, 0.5) is 0 Å². The maximum atomic E-state index is 11.7. The van der Waals surface area contributed by atoms with Crippen LogP contribution in [0.25, 0.3) is 17.4 Å². The average molecular weight is 399 g/mol. The summed E-state index contributed by atoms with van der Waals surface area (Å²) >= 11 is 0.924. The second-order valence-electron chi connectivity index (χ2n) is 5.62. The molecule has 144 valence electrons. The van der Waals surface area contributed by atoms with Crippen LogP contribution in [0.2, 0.25) is 0 Å². The van der Waals surface area contributed by atoms with E-state index in [0.717, 1.165) is 17.3 Å². The van der Waals surface area contributed by atoms with Crippen molar-refractivity contribution in [2.45, 2.75) is 19.0 Å². The van der Waals surface area contributed by atoms with Gasteiger partial charge in [-0.25, -0.2) is 14.6 Å². The van der Waals surface area contributed by atoms with Gasteiger partial charge >= 0.3 is 11.9 Å². The summed E-state index contributed by atoms with van der Waals surface area (Å²) in [5.41, 5.74) is 1.20. The Morgan fingerprint density at radius 2 is 2.00 bits per heavy atom. The number of esters is 1. The average Bonchev–Trinajstić information content (AvgIpc) is 3.30. The van der Waals surface area contributed by atoms with Crippen LogP contribution in [0, 0.1) is 6.92 Å². The van der Waals surface area contributed by atoms with E-state index in [1.807, 2.05) is 0 Å². The van der Waals surface area contributed by atoms with Gasteiger partial charge in [0, 0.05) is 11.6 Å². The molecule has 0 saturated carbocycles. The number of hydrogen-bond donors (Lipinski definition) is 2. The van der Waals surface area contributed by atoms with Gasteiger partial charge in [-0.2, -0.15) is 0 Å². The lowest BCUT2D eigenvalue weighted by molar-refractivity contribution is -0.131. The predicted molar refractivity (Wildman–Crippen MR) is 103 cm³/mol. The highest BCUT2D eigenvalue weighted by Crippen LogP contribution is 2.28. The Morgan fingerprint density at radius 1 is 1.25 bits per heavy atom. The van der Waals surface area contributed by atoms with Gasteiger partial charge in [0.1, 0.15) is 22.3 Å². The summed E-state index contributed by atoms with van der Waals surface area (Å²) < 4.78 is 10.7. The van der Waals surface area contributed by atoms with Crippen molar-refractivity contribution in [1.29, 1.82) is 0 Å². The summed E-state index contributed by atoms with van der Waals surface area (Å²) in [4.78, 5) is 27.3. The number of aromatic nitrogens is 3. The lowest BCUT2D eigenvalue weighted by atomic mass is 10.1. The van der Waals surface area contributed by atoms with Crippen molar-refractivity contribution in [1.82, 2.24) is 15.2 Å². The van der Waals surface area contributed by atoms with Crippen LogP contribution in [0.3, 0.4) is 0 Å². The van der Waals surface area contributed by atoms with Crippen molar-refractivity contribution in [3.8, 4) is 11.3 Å². The highest BCUT2D eigenvalue weighted by Gasteiger charge is 2.15. The molecule has 0 aliphatic heterocycles. The first-order valence-electron chi connectivity index (χ1n) is 8.35. The van der Waals surface area contributed by atoms with Crippen molar-refractivity contribution in [2.24, 2.45) is 0 Å². The standard InChI is InChI=1S/C19H17N3O5S/c1-3-26-18(25)13-6-4-12(5-7-13)15-9-8-14(27-15)10-16(17(23)24)28-19-20-11(2)21-22-19/h4-10H,3H2,1-2H3,(H,23,24)(H,20,21,22)/b16-10-. The number of aryl methyl sites for hydroxylation is 1. The summed E-state index contributed by atoms with van der Waals surface area (Å²) in [6, 6.07) is 10.2. The number of thioether (sulfide) groups is 1. The maximum Gasteiger partial charge on any atom is 0.342 e. The molecule has 0 aliphatic carbocycles. The summed E-state index contributed by atoms with van der Waals surface area (Å²) in [6.07, 6.45) is 1.41. The molecule has 3 aromatic rings. The number of ether oxygens (including phenoxy) is 1. The third-order valence-electron chi connectivity index (χ3n) is 3.57. The van der Waals surface area contributed by atoms with Crippen LogP contribution in [-0.2, 0) is 9.53 Å². The smallest absolute Gasteiger partial charge is 0.342 e. The zero-order valence-corrected chi connectivity index (χ0v) is 15.9. The highest BCUT2D eigenvalue weighted by molar-refractivity contribution is 8.04. The minimum Gasteiger partial charge on any atom is -0.477 e. The van der Waals surface area contributed by atoms with Gasteiger partial charge in [0.2, 0.25) is 5.16 Å². The fourth-order valence-corrected chi connectivity index (χ4v) is 3.03. The van der Waals surface area contributed by atoms with Gasteiger partial charge < -0.3 is 14.3 Å². The molecule has 28 heavy (non-hydrogen) atoms. The van der Waals surface area contributed by atoms with E-state index in [2.05, 4.69) is 15.2 Å². The van der Waals surface area contributed by atoms with Crippen molar-refractivity contribution in [2.75, 3.05) is 6.61 Å². The summed E-state index contributed by atoms with van der Waals surface area (Å²) in [7, 11) is 0.